The molecule has 2 fully saturated rings. The zero-order chi connectivity index (χ0) is 16.6. The van der Waals surface area contributed by atoms with Crippen LogP contribution in [0.1, 0.15) is 26.0 Å². The van der Waals surface area contributed by atoms with E-state index in [2.05, 4.69) is 4.98 Å². The Bertz CT molecular complexity index is 602. The van der Waals surface area contributed by atoms with E-state index in [1.807, 2.05) is 32.0 Å². The zero-order valence-corrected chi connectivity index (χ0v) is 13.4. The Labute approximate surface area is 135 Å². The van der Waals surface area contributed by atoms with Gasteiger partial charge in [0.2, 0.25) is 5.91 Å². The molecule has 1 saturated carbocycles. The lowest BCUT2D eigenvalue weighted by Gasteiger charge is -2.17. The third kappa shape index (κ3) is 3.08. The molecule has 1 aromatic rings. The number of carbonyl (C=O) groups is 2. The number of hydrogen-bond acceptors (Lipinski definition) is 4. The molecule has 1 saturated heterocycles. The maximum Gasteiger partial charge on any atom is 0.307 e. The largest absolute Gasteiger partial charge is 0.481 e. The molecule has 0 radical (unpaired) electrons. The molecule has 2 aliphatic rings. The number of carboxylic acid groups (broad SMARTS) is 1. The predicted octanol–water partition coefficient (Wildman–Crippen LogP) is 1.56. The van der Waals surface area contributed by atoms with E-state index in [0.29, 0.717) is 19.7 Å². The van der Waals surface area contributed by atoms with Gasteiger partial charge in [-0.25, -0.2) is 0 Å². The van der Waals surface area contributed by atoms with E-state index in [4.69, 9.17) is 4.74 Å². The molecule has 1 N–H and O–H groups in total. The summed E-state index contributed by atoms with van der Waals surface area (Å²) in [6.45, 7) is 5.29. The van der Waals surface area contributed by atoms with Crippen molar-refractivity contribution in [2.45, 2.75) is 33.0 Å². The van der Waals surface area contributed by atoms with E-state index in [0.717, 1.165) is 12.1 Å². The van der Waals surface area contributed by atoms with Crippen molar-refractivity contribution in [1.82, 2.24) is 9.88 Å². The van der Waals surface area contributed by atoms with E-state index in [9.17, 15) is 14.7 Å². The van der Waals surface area contributed by atoms with Gasteiger partial charge in [-0.15, -0.1) is 0 Å². The van der Waals surface area contributed by atoms with Gasteiger partial charge in [0, 0.05) is 19.3 Å². The van der Waals surface area contributed by atoms with Crippen molar-refractivity contribution in [1.29, 1.82) is 0 Å². The van der Waals surface area contributed by atoms with Gasteiger partial charge in [0.05, 0.1) is 30.2 Å². The summed E-state index contributed by atoms with van der Waals surface area (Å²) < 4.78 is 5.82. The zero-order valence-electron chi connectivity index (χ0n) is 13.4. The third-order valence-electron chi connectivity index (χ3n) is 5.01. The molecule has 23 heavy (non-hydrogen) atoms. The van der Waals surface area contributed by atoms with Crippen molar-refractivity contribution in [3.8, 4) is 0 Å². The number of rotatable bonds is 5. The first-order valence-corrected chi connectivity index (χ1v) is 7.94. The average molecular weight is 318 g/mol. The standard InChI is InChI=1S/C17H22N2O4/c1-17(2)13(14(17)16(21)22)15(20)19-8-6-12(9-19)23-10-11-5-3-4-7-18-11/h3-5,7,12-14H,6,8-10H2,1-2H3,(H,21,22)/t12?,13-,14+/m1/s1. The highest BCUT2D eigenvalue weighted by Gasteiger charge is 2.66. The highest BCUT2D eigenvalue weighted by atomic mass is 16.5. The van der Waals surface area contributed by atoms with Gasteiger partial charge in [-0.2, -0.15) is 0 Å². The van der Waals surface area contributed by atoms with Crippen molar-refractivity contribution in [3.63, 3.8) is 0 Å². The fourth-order valence-corrected chi connectivity index (χ4v) is 3.51. The predicted molar refractivity (Wildman–Crippen MR) is 82.4 cm³/mol. The van der Waals surface area contributed by atoms with Crippen LogP contribution in [0.25, 0.3) is 0 Å². The van der Waals surface area contributed by atoms with E-state index >= 15 is 0 Å². The minimum atomic E-state index is -0.879. The summed E-state index contributed by atoms with van der Waals surface area (Å²) in [5.41, 5.74) is 0.419. The van der Waals surface area contributed by atoms with Crippen LogP contribution >= 0.6 is 0 Å². The van der Waals surface area contributed by atoms with Crippen molar-refractivity contribution in [2.24, 2.45) is 17.3 Å². The lowest BCUT2D eigenvalue weighted by atomic mass is 10.1. The first-order valence-electron chi connectivity index (χ1n) is 7.94. The van der Waals surface area contributed by atoms with Gasteiger partial charge >= 0.3 is 5.97 Å². The number of aromatic nitrogens is 1. The number of pyridine rings is 1. The molecule has 6 nitrogen and oxygen atoms in total. The third-order valence-corrected chi connectivity index (χ3v) is 5.01. The minimum Gasteiger partial charge on any atom is -0.481 e. The Hall–Kier alpha value is -1.95. The summed E-state index contributed by atoms with van der Waals surface area (Å²) in [5.74, 6) is -1.90. The summed E-state index contributed by atoms with van der Waals surface area (Å²) in [6.07, 6.45) is 2.50. The smallest absolute Gasteiger partial charge is 0.307 e. The van der Waals surface area contributed by atoms with Crippen LogP contribution in [0.4, 0.5) is 0 Å². The molecule has 124 valence electrons. The van der Waals surface area contributed by atoms with Gasteiger partial charge in [0.25, 0.3) is 0 Å². The van der Waals surface area contributed by atoms with Gasteiger partial charge < -0.3 is 14.7 Å². The maximum atomic E-state index is 12.6. The highest BCUT2D eigenvalue weighted by molar-refractivity contribution is 5.91. The number of amides is 1. The van der Waals surface area contributed by atoms with E-state index in [1.165, 1.54) is 0 Å². The minimum absolute atomic E-state index is 0.00824. The summed E-state index contributed by atoms with van der Waals surface area (Å²) in [5, 5.41) is 9.21. The van der Waals surface area contributed by atoms with Crippen LogP contribution < -0.4 is 0 Å². The van der Waals surface area contributed by atoms with Crippen molar-refractivity contribution in [3.05, 3.63) is 30.1 Å². The quantitative estimate of drug-likeness (QED) is 0.891. The topological polar surface area (TPSA) is 79.7 Å². The van der Waals surface area contributed by atoms with Crippen LogP contribution in [0.5, 0.6) is 0 Å². The second kappa shape index (κ2) is 5.92. The molecule has 2 heterocycles. The lowest BCUT2D eigenvalue weighted by molar-refractivity contribution is -0.141. The van der Waals surface area contributed by atoms with E-state index in [1.54, 1.807) is 11.1 Å². The summed E-state index contributed by atoms with van der Waals surface area (Å²) >= 11 is 0. The number of carboxylic acids is 1. The van der Waals surface area contributed by atoms with Gasteiger partial charge in [0.15, 0.2) is 0 Å². The molecule has 1 aromatic heterocycles. The van der Waals surface area contributed by atoms with Crippen LogP contribution in [0.15, 0.2) is 24.4 Å². The van der Waals surface area contributed by atoms with Crippen molar-refractivity contribution >= 4 is 11.9 Å². The number of ether oxygens (including phenoxy) is 1. The Kier molecular flexibility index (Phi) is 4.10. The fourth-order valence-electron chi connectivity index (χ4n) is 3.51. The Morgan fingerprint density at radius 3 is 2.78 bits per heavy atom. The summed E-state index contributed by atoms with van der Waals surface area (Å²) in [7, 11) is 0. The Morgan fingerprint density at radius 1 is 1.39 bits per heavy atom. The molecule has 1 amide bonds. The molecule has 0 aromatic carbocycles. The fraction of sp³-hybridized carbons (Fsp3) is 0.588. The Morgan fingerprint density at radius 2 is 2.17 bits per heavy atom. The number of aliphatic carboxylic acids is 1. The molecular formula is C17H22N2O4. The molecule has 1 aliphatic heterocycles. The van der Waals surface area contributed by atoms with Crippen molar-refractivity contribution < 1.29 is 19.4 Å². The van der Waals surface area contributed by atoms with Crippen LogP contribution in [-0.2, 0) is 20.9 Å². The number of nitrogens with zero attached hydrogens (tertiary/aromatic N) is 2. The number of hydrogen-bond donors (Lipinski definition) is 1. The highest BCUT2D eigenvalue weighted by Crippen LogP contribution is 2.59. The second-order valence-corrected chi connectivity index (χ2v) is 6.94. The summed E-state index contributed by atoms with van der Waals surface area (Å²) in [4.78, 5) is 29.7. The monoisotopic (exact) mass is 318 g/mol. The van der Waals surface area contributed by atoms with E-state index in [-0.39, 0.29) is 12.0 Å². The number of likely N-dealkylation sites (tertiary alicyclic amines) is 1. The molecule has 1 unspecified atom stereocenters. The van der Waals surface area contributed by atoms with Crippen LogP contribution in [0.2, 0.25) is 0 Å². The molecular weight excluding hydrogens is 296 g/mol. The van der Waals surface area contributed by atoms with Gasteiger partial charge in [-0.05, 0) is 24.0 Å². The molecule has 1 aliphatic carbocycles. The van der Waals surface area contributed by atoms with Gasteiger partial charge in [0.1, 0.15) is 0 Å². The molecule has 3 atom stereocenters. The molecule has 0 spiro atoms. The first kappa shape index (κ1) is 15.9. The average Bonchev–Trinajstić information content (AvgIpc) is 2.88. The molecule has 0 bridgehead atoms. The van der Waals surface area contributed by atoms with Crippen LogP contribution in [0, 0.1) is 17.3 Å². The van der Waals surface area contributed by atoms with Crippen LogP contribution in [-0.4, -0.2) is 46.1 Å². The molecule has 3 rings (SSSR count). The lowest BCUT2D eigenvalue weighted by Crippen LogP contribution is -2.33. The van der Waals surface area contributed by atoms with E-state index < -0.39 is 23.2 Å². The maximum absolute atomic E-state index is 12.6. The van der Waals surface area contributed by atoms with Gasteiger partial charge in [-0.3, -0.25) is 14.6 Å². The number of carbonyl (C=O) groups excluding carboxylic acids is 1. The SMILES string of the molecule is CC1(C)[C@H](C(=O)O)[C@@H]1C(=O)N1CCC(OCc2ccccn2)C1. The van der Waals surface area contributed by atoms with Gasteiger partial charge in [-0.1, -0.05) is 19.9 Å². The van der Waals surface area contributed by atoms with Crippen LogP contribution in [0.3, 0.4) is 0 Å². The first-order chi connectivity index (χ1) is 10.9. The summed E-state index contributed by atoms with van der Waals surface area (Å²) in [6, 6.07) is 5.68. The molecule has 6 heteroatoms. The Balaban J connectivity index is 1.52. The normalized spacial score (nSPS) is 28.6. The van der Waals surface area contributed by atoms with Crippen molar-refractivity contribution in [2.75, 3.05) is 13.1 Å². The second-order valence-electron chi connectivity index (χ2n) is 6.94.